The quantitative estimate of drug-likeness (QED) is 0.760. The van der Waals surface area contributed by atoms with Gasteiger partial charge in [0.1, 0.15) is 5.01 Å². The maximum atomic E-state index is 4.37. The van der Waals surface area contributed by atoms with Crippen molar-refractivity contribution in [2.45, 2.75) is 25.2 Å². The van der Waals surface area contributed by atoms with Gasteiger partial charge in [-0.15, -0.1) is 0 Å². The molecule has 2 unspecified atom stereocenters. The zero-order chi connectivity index (χ0) is 8.13. The molecular formula is C8H9BrN2S. The molecule has 1 aromatic heterocycles. The van der Waals surface area contributed by atoms with Crippen LogP contribution in [-0.2, 0) is 0 Å². The van der Waals surface area contributed by atoms with Gasteiger partial charge in [-0.2, -0.15) is 4.37 Å². The first-order valence-corrected chi connectivity index (χ1v) is 5.88. The maximum Gasteiger partial charge on any atom is 0.209 e. The molecule has 3 rings (SSSR count). The highest BCUT2D eigenvalue weighted by Crippen LogP contribution is 2.57. The third-order valence-corrected chi connectivity index (χ3v) is 4.48. The summed E-state index contributed by atoms with van der Waals surface area (Å²) in [6.45, 7) is 0. The summed E-state index contributed by atoms with van der Waals surface area (Å²) in [5.74, 6) is 2.81. The second-order valence-electron chi connectivity index (χ2n) is 3.83. The Morgan fingerprint density at radius 3 is 2.58 bits per heavy atom. The van der Waals surface area contributed by atoms with Crippen molar-refractivity contribution in [3.05, 3.63) is 9.74 Å². The molecule has 2 aliphatic carbocycles. The maximum absolute atomic E-state index is 4.37. The van der Waals surface area contributed by atoms with E-state index in [0.717, 1.165) is 22.5 Å². The van der Waals surface area contributed by atoms with Crippen molar-refractivity contribution in [1.82, 2.24) is 9.36 Å². The van der Waals surface area contributed by atoms with Gasteiger partial charge in [-0.25, -0.2) is 4.98 Å². The number of nitrogens with zero attached hydrogens (tertiary/aromatic N) is 2. The Morgan fingerprint density at radius 1 is 1.25 bits per heavy atom. The fraction of sp³-hybridized carbons (Fsp3) is 0.750. The fourth-order valence-corrected chi connectivity index (χ4v) is 3.50. The molecule has 12 heavy (non-hydrogen) atoms. The van der Waals surface area contributed by atoms with Gasteiger partial charge in [0.25, 0.3) is 0 Å². The lowest BCUT2D eigenvalue weighted by molar-refractivity contribution is 0.620. The SMILES string of the molecule is Brc1nsc(C2CC3CC3C2)n1. The largest absolute Gasteiger partial charge is 0.214 e. The van der Waals surface area contributed by atoms with Crippen LogP contribution >= 0.6 is 27.5 Å². The highest BCUT2D eigenvalue weighted by Gasteiger charge is 2.47. The summed E-state index contributed by atoms with van der Waals surface area (Å²) in [7, 11) is 0. The number of rotatable bonds is 1. The highest BCUT2D eigenvalue weighted by atomic mass is 79.9. The summed E-state index contributed by atoms with van der Waals surface area (Å²) in [6.07, 6.45) is 4.22. The Bertz CT molecular complexity index is 302. The van der Waals surface area contributed by atoms with Gasteiger partial charge in [0.15, 0.2) is 0 Å². The van der Waals surface area contributed by atoms with E-state index in [4.69, 9.17) is 0 Å². The van der Waals surface area contributed by atoms with Crippen LogP contribution in [0, 0.1) is 11.8 Å². The van der Waals surface area contributed by atoms with Crippen molar-refractivity contribution >= 4 is 27.5 Å². The first-order valence-electron chi connectivity index (χ1n) is 4.32. The zero-order valence-corrected chi connectivity index (χ0v) is 8.94. The third-order valence-electron chi connectivity index (χ3n) is 3.01. The van der Waals surface area contributed by atoms with Crippen LogP contribution in [0.4, 0.5) is 0 Å². The summed E-state index contributed by atoms with van der Waals surface area (Å²) in [5.41, 5.74) is 0. The Morgan fingerprint density at radius 2 is 2.00 bits per heavy atom. The van der Waals surface area contributed by atoms with Crippen LogP contribution in [0.25, 0.3) is 0 Å². The second kappa shape index (κ2) is 2.51. The van der Waals surface area contributed by atoms with Crippen LogP contribution in [-0.4, -0.2) is 9.36 Å². The lowest BCUT2D eigenvalue weighted by Gasteiger charge is -2.05. The molecule has 1 aromatic rings. The van der Waals surface area contributed by atoms with E-state index >= 15 is 0 Å². The lowest BCUT2D eigenvalue weighted by atomic mass is 10.1. The summed E-state index contributed by atoms with van der Waals surface area (Å²) < 4.78 is 4.92. The van der Waals surface area contributed by atoms with Gasteiger partial charge in [0, 0.05) is 5.92 Å². The van der Waals surface area contributed by atoms with E-state index in [1.54, 1.807) is 11.5 Å². The van der Waals surface area contributed by atoms with Crippen LogP contribution < -0.4 is 0 Å². The predicted molar refractivity (Wildman–Crippen MR) is 51.2 cm³/mol. The Labute approximate surface area is 83.7 Å². The Kier molecular flexibility index (Phi) is 1.56. The number of hydrogen-bond donors (Lipinski definition) is 0. The summed E-state index contributed by atoms with van der Waals surface area (Å²) in [6, 6.07) is 0. The second-order valence-corrected chi connectivity index (χ2v) is 5.32. The topological polar surface area (TPSA) is 25.8 Å². The molecule has 64 valence electrons. The summed E-state index contributed by atoms with van der Waals surface area (Å²) in [5, 5.41) is 1.24. The molecule has 2 nitrogen and oxygen atoms in total. The van der Waals surface area contributed by atoms with Gasteiger partial charge in [0.05, 0.1) is 0 Å². The van der Waals surface area contributed by atoms with E-state index in [2.05, 4.69) is 25.3 Å². The van der Waals surface area contributed by atoms with Crippen molar-refractivity contribution in [2.75, 3.05) is 0 Å². The van der Waals surface area contributed by atoms with Gasteiger partial charge in [0.2, 0.25) is 4.73 Å². The highest BCUT2D eigenvalue weighted by molar-refractivity contribution is 9.10. The first kappa shape index (κ1) is 7.44. The predicted octanol–water partition coefficient (Wildman–Crippen LogP) is 2.81. The minimum Gasteiger partial charge on any atom is -0.214 e. The molecule has 0 spiro atoms. The summed E-state index contributed by atoms with van der Waals surface area (Å²) in [4.78, 5) is 4.37. The van der Waals surface area contributed by atoms with Gasteiger partial charge in [-0.3, -0.25) is 0 Å². The summed E-state index contributed by atoms with van der Waals surface area (Å²) >= 11 is 4.86. The van der Waals surface area contributed by atoms with Gasteiger partial charge >= 0.3 is 0 Å². The first-order chi connectivity index (χ1) is 5.83. The van der Waals surface area contributed by atoms with Crippen LogP contribution in [0.2, 0.25) is 0 Å². The molecule has 2 atom stereocenters. The van der Waals surface area contributed by atoms with Crippen LogP contribution in [0.1, 0.15) is 30.2 Å². The molecule has 0 N–H and O–H groups in total. The molecule has 0 aromatic carbocycles. The van der Waals surface area contributed by atoms with Crippen LogP contribution in [0.3, 0.4) is 0 Å². The Hall–Kier alpha value is 0.0400. The molecule has 0 aliphatic heterocycles. The van der Waals surface area contributed by atoms with E-state index < -0.39 is 0 Å². The molecule has 0 saturated heterocycles. The van der Waals surface area contributed by atoms with Crippen molar-refractivity contribution in [3.8, 4) is 0 Å². The molecule has 2 fully saturated rings. The number of fused-ring (bicyclic) bond motifs is 1. The van der Waals surface area contributed by atoms with Gasteiger partial charge < -0.3 is 0 Å². The molecule has 0 radical (unpaired) electrons. The smallest absolute Gasteiger partial charge is 0.209 e. The van der Waals surface area contributed by atoms with E-state index in [1.807, 2.05) is 0 Å². The molecule has 4 heteroatoms. The van der Waals surface area contributed by atoms with E-state index in [0.29, 0.717) is 0 Å². The zero-order valence-electron chi connectivity index (χ0n) is 6.53. The fourth-order valence-electron chi connectivity index (χ4n) is 2.30. The average molecular weight is 245 g/mol. The third kappa shape index (κ3) is 1.12. The van der Waals surface area contributed by atoms with Gasteiger partial charge in [-0.1, -0.05) is 0 Å². The molecule has 2 aliphatic rings. The van der Waals surface area contributed by atoms with Crippen molar-refractivity contribution in [3.63, 3.8) is 0 Å². The monoisotopic (exact) mass is 244 g/mol. The van der Waals surface area contributed by atoms with Crippen LogP contribution in [0.5, 0.6) is 0 Å². The van der Waals surface area contributed by atoms with Crippen LogP contribution in [0.15, 0.2) is 4.73 Å². The average Bonchev–Trinajstić information content (AvgIpc) is 2.49. The van der Waals surface area contributed by atoms with Crippen molar-refractivity contribution in [2.24, 2.45) is 11.8 Å². The number of hydrogen-bond acceptors (Lipinski definition) is 3. The minimum absolute atomic E-state index is 0.734. The lowest BCUT2D eigenvalue weighted by Crippen LogP contribution is -1.94. The molecule has 2 saturated carbocycles. The number of aromatic nitrogens is 2. The van der Waals surface area contributed by atoms with E-state index in [9.17, 15) is 0 Å². The van der Waals surface area contributed by atoms with Gasteiger partial charge in [-0.05, 0) is 58.6 Å². The number of halogens is 1. The van der Waals surface area contributed by atoms with Crippen molar-refractivity contribution in [1.29, 1.82) is 0 Å². The van der Waals surface area contributed by atoms with E-state index in [1.165, 1.54) is 24.3 Å². The molecule has 1 heterocycles. The molecule has 0 amide bonds. The van der Waals surface area contributed by atoms with Crippen molar-refractivity contribution < 1.29 is 0 Å². The van der Waals surface area contributed by atoms with E-state index in [-0.39, 0.29) is 0 Å². The Balaban J connectivity index is 1.81. The normalized spacial score (nSPS) is 38.2. The standard InChI is InChI=1S/C8H9BrN2S/c9-8-10-7(12-11-8)6-2-4-1-5(4)3-6/h4-6H,1-3H2. The molecular weight excluding hydrogens is 236 g/mol. The molecule has 0 bridgehead atoms. The minimum atomic E-state index is 0.734.